The maximum Gasteiger partial charge on any atom is 0.257 e. The van der Waals surface area contributed by atoms with Crippen molar-refractivity contribution in [2.24, 2.45) is 0 Å². The minimum atomic E-state index is -3.23. The van der Waals surface area contributed by atoms with Gasteiger partial charge in [0, 0.05) is 13.6 Å². The fourth-order valence-electron chi connectivity index (χ4n) is 1.50. The Morgan fingerprint density at radius 3 is 2.75 bits per heavy atom. The molecule has 0 heterocycles. The van der Waals surface area contributed by atoms with E-state index in [9.17, 15) is 13.2 Å². The Morgan fingerprint density at radius 1 is 1.35 bits per heavy atom. The highest BCUT2D eigenvalue weighted by Crippen LogP contribution is 2.13. The van der Waals surface area contributed by atoms with Crippen molar-refractivity contribution in [3.05, 3.63) is 29.8 Å². The monoisotopic (exact) mass is 300 g/mol. The molecule has 0 aliphatic carbocycles. The predicted octanol–water partition coefficient (Wildman–Crippen LogP) is 0.641. The highest BCUT2D eigenvalue weighted by atomic mass is 32.2. The molecule has 1 amide bonds. The average Bonchev–Trinajstić information content (AvgIpc) is 2.43. The molecular weight excluding hydrogens is 280 g/mol. The zero-order valence-corrected chi connectivity index (χ0v) is 12.5. The summed E-state index contributed by atoms with van der Waals surface area (Å²) in [6.07, 6.45) is 0.574. The van der Waals surface area contributed by atoms with E-state index in [4.69, 9.17) is 4.74 Å². The molecule has 0 radical (unpaired) electrons. The van der Waals surface area contributed by atoms with E-state index in [1.54, 1.807) is 24.3 Å². The average molecular weight is 300 g/mol. The van der Waals surface area contributed by atoms with Crippen LogP contribution in [0.5, 0.6) is 5.75 Å². The molecule has 0 fully saturated rings. The van der Waals surface area contributed by atoms with Crippen molar-refractivity contribution in [3.63, 3.8) is 0 Å². The number of ether oxygens (including phenoxy) is 1. The molecule has 0 saturated carbocycles. The third-order valence-electron chi connectivity index (χ3n) is 2.52. The molecule has 0 aliphatic heterocycles. The van der Waals surface area contributed by atoms with E-state index < -0.39 is 10.0 Å². The molecule has 112 valence electrons. The molecule has 0 bridgehead atoms. The van der Waals surface area contributed by atoms with Gasteiger partial charge >= 0.3 is 0 Å². The predicted molar refractivity (Wildman–Crippen MR) is 76.9 cm³/mol. The van der Waals surface area contributed by atoms with Gasteiger partial charge < -0.3 is 10.1 Å². The van der Waals surface area contributed by atoms with E-state index in [0.717, 1.165) is 5.56 Å². The molecule has 1 rings (SSSR count). The number of rotatable bonds is 8. The maximum absolute atomic E-state index is 11.5. The number of amides is 1. The van der Waals surface area contributed by atoms with Gasteiger partial charge in [0.1, 0.15) is 5.75 Å². The second kappa shape index (κ2) is 7.86. The molecular formula is C13H20N2O4S. The Bertz CT molecular complexity index is 543. The summed E-state index contributed by atoms with van der Waals surface area (Å²) in [5.74, 6) is 0.416. The number of hydrogen-bond acceptors (Lipinski definition) is 4. The molecule has 6 nitrogen and oxygen atoms in total. The van der Waals surface area contributed by atoms with Crippen molar-refractivity contribution in [2.75, 3.05) is 19.4 Å². The number of likely N-dealkylation sites (N-methyl/N-ethyl adjacent to an activating group) is 1. The van der Waals surface area contributed by atoms with E-state index in [2.05, 4.69) is 10.0 Å². The van der Waals surface area contributed by atoms with Crippen LogP contribution in [0.25, 0.3) is 0 Å². The van der Waals surface area contributed by atoms with Gasteiger partial charge in [-0.25, -0.2) is 13.1 Å². The van der Waals surface area contributed by atoms with Crippen LogP contribution in [0.15, 0.2) is 24.3 Å². The van der Waals surface area contributed by atoms with E-state index in [1.807, 2.05) is 6.92 Å². The third kappa shape index (κ3) is 6.03. The first-order valence-corrected chi connectivity index (χ1v) is 8.01. The van der Waals surface area contributed by atoms with Gasteiger partial charge in [-0.2, -0.15) is 0 Å². The summed E-state index contributed by atoms with van der Waals surface area (Å²) in [4.78, 5) is 11.1. The molecule has 0 spiro atoms. The van der Waals surface area contributed by atoms with Crippen LogP contribution in [0, 0.1) is 0 Å². The lowest BCUT2D eigenvalue weighted by atomic mass is 10.2. The number of hydrogen-bond donors (Lipinski definition) is 2. The number of nitrogens with one attached hydrogen (secondary N) is 2. The van der Waals surface area contributed by atoms with Gasteiger partial charge in [0.05, 0.1) is 5.75 Å². The summed E-state index contributed by atoms with van der Waals surface area (Å²) >= 11 is 0. The summed E-state index contributed by atoms with van der Waals surface area (Å²) in [5.41, 5.74) is 0.777. The van der Waals surface area contributed by atoms with E-state index in [1.165, 1.54) is 7.05 Å². The largest absolute Gasteiger partial charge is 0.484 e. The molecule has 0 unspecified atom stereocenters. The lowest BCUT2D eigenvalue weighted by Crippen LogP contribution is -2.26. The summed E-state index contributed by atoms with van der Waals surface area (Å²) in [6, 6.07) is 6.97. The minimum absolute atomic E-state index is 0.0679. The Morgan fingerprint density at radius 2 is 2.10 bits per heavy atom. The number of benzene rings is 1. The van der Waals surface area contributed by atoms with Gasteiger partial charge in [-0.1, -0.05) is 19.1 Å². The van der Waals surface area contributed by atoms with Crippen LogP contribution >= 0.6 is 0 Å². The van der Waals surface area contributed by atoms with Crippen molar-refractivity contribution < 1.29 is 17.9 Å². The van der Waals surface area contributed by atoms with Crippen molar-refractivity contribution >= 4 is 15.9 Å². The molecule has 0 aliphatic rings. The highest BCUT2D eigenvalue weighted by molar-refractivity contribution is 7.89. The van der Waals surface area contributed by atoms with Crippen molar-refractivity contribution in [3.8, 4) is 5.75 Å². The summed E-state index contributed by atoms with van der Waals surface area (Å²) in [7, 11) is -1.69. The van der Waals surface area contributed by atoms with Crippen LogP contribution < -0.4 is 14.8 Å². The minimum Gasteiger partial charge on any atom is -0.484 e. The van der Waals surface area contributed by atoms with E-state index in [0.29, 0.717) is 12.2 Å². The highest BCUT2D eigenvalue weighted by Gasteiger charge is 2.08. The number of sulfonamides is 1. The van der Waals surface area contributed by atoms with Gasteiger partial charge in [-0.3, -0.25) is 4.79 Å². The van der Waals surface area contributed by atoms with Crippen LogP contribution in [0.1, 0.15) is 18.9 Å². The van der Waals surface area contributed by atoms with Gasteiger partial charge in [0.2, 0.25) is 10.0 Å². The summed E-state index contributed by atoms with van der Waals surface area (Å²) in [6.45, 7) is 1.95. The normalized spacial score (nSPS) is 11.1. The molecule has 1 aromatic rings. The van der Waals surface area contributed by atoms with E-state index >= 15 is 0 Å². The van der Waals surface area contributed by atoms with Crippen molar-refractivity contribution in [1.82, 2.24) is 10.0 Å². The first-order chi connectivity index (χ1) is 9.46. The van der Waals surface area contributed by atoms with Crippen molar-refractivity contribution in [1.29, 1.82) is 0 Å². The molecule has 0 atom stereocenters. The van der Waals surface area contributed by atoms with Gasteiger partial charge in [0.25, 0.3) is 5.91 Å². The Hall–Kier alpha value is -1.60. The zero-order chi connectivity index (χ0) is 15.0. The first kappa shape index (κ1) is 16.5. The fraction of sp³-hybridized carbons (Fsp3) is 0.462. The molecule has 7 heteroatoms. The number of carbonyl (C=O) groups is 1. The van der Waals surface area contributed by atoms with Crippen LogP contribution in [0.2, 0.25) is 0 Å². The van der Waals surface area contributed by atoms with Gasteiger partial charge in [0.15, 0.2) is 6.61 Å². The second-order valence-electron chi connectivity index (χ2n) is 4.25. The van der Waals surface area contributed by atoms with Gasteiger partial charge in [-0.15, -0.1) is 0 Å². The first-order valence-electron chi connectivity index (χ1n) is 6.36. The SMILES string of the molecule is CCCS(=O)(=O)NCc1cccc(OCC(=O)NC)c1. The molecule has 0 aromatic heterocycles. The van der Waals surface area contributed by atoms with Crippen molar-refractivity contribution in [2.45, 2.75) is 19.9 Å². The number of carbonyl (C=O) groups excluding carboxylic acids is 1. The third-order valence-corrected chi connectivity index (χ3v) is 4.05. The molecule has 0 saturated heterocycles. The zero-order valence-electron chi connectivity index (χ0n) is 11.7. The lowest BCUT2D eigenvalue weighted by molar-refractivity contribution is -0.122. The molecule has 1 aromatic carbocycles. The topological polar surface area (TPSA) is 84.5 Å². The van der Waals surface area contributed by atoms with Crippen LogP contribution in [0.4, 0.5) is 0 Å². The summed E-state index contributed by atoms with van der Waals surface area (Å²) < 4.78 is 30.9. The van der Waals surface area contributed by atoms with Gasteiger partial charge in [-0.05, 0) is 24.1 Å². The second-order valence-corrected chi connectivity index (χ2v) is 6.18. The maximum atomic E-state index is 11.5. The van der Waals surface area contributed by atoms with E-state index in [-0.39, 0.29) is 24.8 Å². The van der Waals surface area contributed by atoms with Crippen LogP contribution in [-0.4, -0.2) is 33.7 Å². The fourth-order valence-corrected chi connectivity index (χ4v) is 2.57. The Kier molecular flexibility index (Phi) is 6.47. The summed E-state index contributed by atoms with van der Waals surface area (Å²) in [5, 5.41) is 2.45. The van der Waals surface area contributed by atoms with Crippen LogP contribution in [-0.2, 0) is 21.4 Å². The molecule has 2 N–H and O–H groups in total. The molecule has 20 heavy (non-hydrogen) atoms. The quantitative estimate of drug-likeness (QED) is 0.738. The Labute approximate surface area is 119 Å². The lowest BCUT2D eigenvalue weighted by Gasteiger charge is -2.08. The standard InChI is InChI=1S/C13H20N2O4S/c1-3-7-20(17,18)15-9-11-5-4-6-12(8-11)19-10-13(16)14-2/h4-6,8,15H,3,7,9-10H2,1-2H3,(H,14,16). The van der Waals surface area contributed by atoms with Crippen LogP contribution in [0.3, 0.4) is 0 Å². The Balaban J connectivity index is 2.58. The smallest absolute Gasteiger partial charge is 0.257 e.